The lowest BCUT2D eigenvalue weighted by Crippen LogP contribution is -2.39. The van der Waals surface area contributed by atoms with Gasteiger partial charge in [-0.2, -0.15) is 4.98 Å². The summed E-state index contributed by atoms with van der Waals surface area (Å²) < 4.78 is 55.8. The summed E-state index contributed by atoms with van der Waals surface area (Å²) in [6, 6.07) is 4.65. The Labute approximate surface area is 196 Å². The van der Waals surface area contributed by atoms with Crippen molar-refractivity contribution in [1.82, 2.24) is 19.2 Å². The van der Waals surface area contributed by atoms with Gasteiger partial charge in [-0.25, -0.2) is 13.9 Å². The van der Waals surface area contributed by atoms with Crippen LogP contribution in [-0.4, -0.2) is 64.7 Å². The Morgan fingerprint density at radius 2 is 1.97 bits per heavy atom. The molecule has 2 saturated heterocycles. The van der Waals surface area contributed by atoms with Crippen LogP contribution in [0.25, 0.3) is 5.78 Å². The van der Waals surface area contributed by atoms with E-state index in [2.05, 4.69) is 10.00 Å². The number of anilines is 1. The molecule has 2 aromatic heterocycles. The van der Waals surface area contributed by atoms with Gasteiger partial charge in [0, 0.05) is 50.4 Å². The van der Waals surface area contributed by atoms with Crippen molar-refractivity contribution in [2.75, 3.05) is 44.3 Å². The second-order valence-electron chi connectivity index (χ2n) is 8.48. The molecule has 10 nitrogen and oxygen atoms in total. The predicted octanol–water partition coefficient (Wildman–Crippen LogP) is 1.98. The maximum Gasteiger partial charge on any atom is 0.351 e. The standard InChI is InChI=1S/C23H27N5O5/c1-15-13-27-22(25-28(23(27)29)16-6-9-30-14-16)24-21(15)26-7-4-17(5-8-26)33-18-2-3-19-20(12-18)32-11-10-31-19/h2-3,12-13,16-17H,4-11,14H2,1H3/t16-/m0/s1/i10D2,11D2. The van der Waals surface area contributed by atoms with Crippen molar-refractivity contribution >= 4 is 11.6 Å². The zero-order chi connectivity index (χ0) is 25.9. The summed E-state index contributed by atoms with van der Waals surface area (Å²) in [5.74, 6) is 1.89. The molecule has 174 valence electrons. The normalized spacial score (nSPS) is 25.8. The quantitative estimate of drug-likeness (QED) is 0.587. The molecule has 1 atom stereocenters. The van der Waals surface area contributed by atoms with E-state index in [4.69, 9.17) is 29.4 Å². The van der Waals surface area contributed by atoms with E-state index >= 15 is 0 Å². The molecule has 0 radical (unpaired) electrons. The molecule has 0 bridgehead atoms. The fourth-order valence-corrected chi connectivity index (χ4v) is 4.53. The molecule has 3 aliphatic heterocycles. The van der Waals surface area contributed by atoms with E-state index in [-0.39, 0.29) is 29.3 Å². The van der Waals surface area contributed by atoms with E-state index in [0.717, 1.165) is 30.6 Å². The second-order valence-corrected chi connectivity index (χ2v) is 8.48. The molecule has 0 N–H and O–H groups in total. The highest BCUT2D eigenvalue weighted by atomic mass is 16.6. The minimum Gasteiger partial charge on any atom is -0.490 e. The predicted molar refractivity (Wildman–Crippen MR) is 120 cm³/mol. The van der Waals surface area contributed by atoms with Crippen molar-refractivity contribution < 1.29 is 24.4 Å². The van der Waals surface area contributed by atoms with Gasteiger partial charge in [0.05, 0.1) is 18.1 Å². The molecule has 5 heterocycles. The molecule has 10 heteroatoms. The zero-order valence-electron chi connectivity index (χ0n) is 22.2. The van der Waals surface area contributed by atoms with Crippen LogP contribution in [0.4, 0.5) is 5.82 Å². The van der Waals surface area contributed by atoms with Crippen LogP contribution in [0.5, 0.6) is 17.2 Å². The van der Waals surface area contributed by atoms with Gasteiger partial charge >= 0.3 is 5.69 Å². The molecule has 0 amide bonds. The van der Waals surface area contributed by atoms with Crippen molar-refractivity contribution in [2.45, 2.75) is 38.3 Å². The van der Waals surface area contributed by atoms with Gasteiger partial charge in [-0.15, -0.1) is 5.10 Å². The first-order chi connectivity index (χ1) is 17.6. The Kier molecular flexibility index (Phi) is 4.09. The highest BCUT2D eigenvalue weighted by Crippen LogP contribution is 2.34. The molecule has 2 fully saturated rings. The van der Waals surface area contributed by atoms with E-state index in [0.29, 0.717) is 37.8 Å². The van der Waals surface area contributed by atoms with E-state index in [1.165, 1.54) is 21.2 Å². The van der Waals surface area contributed by atoms with Gasteiger partial charge < -0.3 is 23.8 Å². The minimum absolute atomic E-state index is 0.0634. The molecule has 0 saturated carbocycles. The third-order valence-corrected chi connectivity index (χ3v) is 6.27. The number of aromatic nitrogens is 4. The fraction of sp³-hybridized carbons (Fsp3) is 0.522. The van der Waals surface area contributed by atoms with Crippen molar-refractivity contribution in [3.05, 3.63) is 40.4 Å². The second kappa shape index (κ2) is 8.26. The van der Waals surface area contributed by atoms with Crippen molar-refractivity contribution in [2.24, 2.45) is 0 Å². The Morgan fingerprint density at radius 1 is 1.15 bits per heavy atom. The number of rotatable bonds is 4. The number of benzene rings is 1. The largest absolute Gasteiger partial charge is 0.490 e. The van der Waals surface area contributed by atoms with E-state index in [1.807, 2.05) is 6.92 Å². The third kappa shape index (κ3) is 3.78. The number of fused-ring (bicyclic) bond motifs is 2. The summed E-state index contributed by atoms with van der Waals surface area (Å²) in [6.07, 6.45) is 3.93. The lowest BCUT2D eigenvalue weighted by Gasteiger charge is -2.33. The Hall–Kier alpha value is -3.27. The molecule has 3 aliphatic rings. The zero-order valence-corrected chi connectivity index (χ0v) is 18.2. The van der Waals surface area contributed by atoms with Crippen molar-refractivity contribution in [1.29, 1.82) is 0 Å². The highest BCUT2D eigenvalue weighted by Gasteiger charge is 2.26. The van der Waals surface area contributed by atoms with Crippen LogP contribution in [0.3, 0.4) is 0 Å². The van der Waals surface area contributed by atoms with E-state index in [1.54, 1.807) is 12.3 Å². The molecule has 0 unspecified atom stereocenters. The molecule has 1 aromatic carbocycles. The first-order valence-electron chi connectivity index (χ1n) is 13.1. The van der Waals surface area contributed by atoms with Gasteiger partial charge in [0.25, 0.3) is 5.78 Å². The monoisotopic (exact) mass is 457 g/mol. The number of piperidine rings is 1. The lowest BCUT2D eigenvalue weighted by molar-refractivity contribution is 0.159. The van der Waals surface area contributed by atoms with Crippen LogP contribution in [0.2, 0.25) is 0 Å². The molecule has 0 aliphatic carbocycles. The van der Waals surface area contributed by atoms with Crippen LogP contribution in [0.15, 0.2) is 29.2 Å². The van der Waals surface area contributed by atoms with Crippen LogP contribution in [0.1, 0.15) is 36.4 Å². The van der Waals surface area contributed by atoms with Crippen LogP contribution >= 0.6 is 0 Å². The third-order valence-electron chi connectivity index (χ3n) is 6.27. The van der Waals surface area contributed by atoms with E-state index in [9.17, 15) is 4.79 Å². The SMILES string of the molecule is [2H]C1([2H])Oc2ccc(OC3CCN(c4nc5nn([C@H]6CCOC6)c(=O)n5cc4C)CC3)cc2OC1([2H])[2H]. The number of nitrogens with zero attached hydrogens (tertiary/aromatic N) is 5. The fourth-order valence-electron chi connectivity index (χ4n) is 4.53. The molecule has 3 aromatic rings. The Bertz CT molecular complexity index is 1400. The summed E-state index contributed by atoms with van der Waals surface area (Å²) in [5.41, 5.74) is 0.681. The van der Waals surface area contributed by atoms with Gasteiger partial charge in [-0.1, -0.05) is 0 Å². The topological polar surface area (TPSA) is 92.4 Å². The molecule has 33 heavy (non-hydrogen) atoms. The van der Waals surface area contributed by atoms with Gasteiger partial charge in [0.2, 0.25) is 0 Å². The molecule has 0 spiro atoms. The van der Waals surface area contributed by atoms with Gasteiger partial charge in [0.1, 0.15) is 30.8 Å². The van der Waals surface area contributed by atoms with Crippen molar-refractivity contribution in [3.8, 4) is 17.2 Å². The summed E-state index contributed by atoms with van der Waals surface area (Å²) in [5, 5.41) is 4.47. The van der Waals surface area contributed by atoms with Gasteiger partial charge in [-0.05, 0) is 25.5 Å². The first kappa shape index (κ1) is 16.4. The maximum absolute atomic E-state index is 12.8. The molecule has 6 rings (SSSR count). The number of aryl methyl sites for hydroxylation is 1. The average Bonchev–Trinajstić information content (AvgIpc) is 3.48. The average molecular weight is 458 g/mol. The summed E-state index contributed by atoms with van der Waals surface area (Å²) in [4.78, 5) is 19.7. The van der Waals surface area contributed by atoms with Gasteiger partial charge in [-0.3, -0.25) is 0 Å². The maximum atomic E-state index is 12.8. The first-order valence-corrected chi connectivity index (χ1v) is 11.1. The molecular formula is C23H27N5O5. The lowest BCUT2D eigenvalue weighted by atomic mass is 10.1. The number of ether oxygens (including phenoxy) is 4. The summed E-state index contributed by atoms with van der Waals surface area (Å²) in [7, 11) is 0. The van der Waals surface area contributed by atoms with E-state index < -0.39 is 13.1 Å². The van der Waals surface area contributed by atoms with Crippen LogP contribution < -0.4 is 24.8 Å². The minimum atomic E-state index is -2.62. The van der Waals surface area contributed by atoms with Gasteiger partial charge in [0.15, 0.2) is 11.5 Å². The summed E-state index contributed by atoms with van der Waals surface area (Å²) in [6.45, 7) is -0.786. The molecular weight excluding hydrogens is 426 g/mol. The Morgan fingerprint density at radius 3 is 2.76 bits per heavy atom. The smallest absolute Gasteiger partial charge is 0.351 e. The highest BCUT2D eigenvalue weighted by molar-refractivity contribution is 5.51. The Balaban J connectivity index is 1.14. The number of hydrogen-bond acceptors (Lipinski definition) is 8. The summed E-state index contributed by atoms with van der Waals surface area (Å²) >= 11 is 0. The van der Waals surface area contributed by atoms with Crippen molar-refractivity contribution in [3.63, 3.8) is 0 Å². The van der Waals surface area contributed by atoms with Crippen LogP contribution in [-0.2, 0) is 4.74 Å². The number of hydrogen-bond donors (Lipinski definition) is 0. The van der Waals surface area contributed by atoms with Crippen LogP contribution in [0, 0.1) is 6.92 Å².